The van der Waals surface area contributed by atoms with Crippen LogP contribution in [0, 0.1) is 11.8 Å². The van der Waals surface area contributed by atoms with E-state index in [1.807, 2.05) is 0 Å². The average Bonchev–Trinajstić information content (AvgIpc) is 2.80. The Bertz CT molecular complexity index is 250. The Morgan fingerprint density at radius 1 is 0.950 bits per heavy atom. The van der Waals surface area contributed by atoms with Gasteiger partial charge in [0, 0.05) is 18.9 Å². The molecule has 1 aliphatic rings. The Hall–Kier alpha value is -0.370. The molecule has 0 unspecified atom stereocenters. The van der Waals surface area contributed by atoms with Crippen molar-refractivity contribution in [2.24, 2.45) is 11.8 Å². The molecule has 0 bridgehead atoms. The summed E-state index contributed by atoms with van der Waals surface area (Å²) in [5.41, 5.74) is 0. The highest BCUT2D eigenvalue weighted by Gasteiger charge is 2.33. The molecule has 0 aromatic rings. The van der Waals surface area contributed by atoms with Gasteiger partial charge >= 0.3 is 0 Å². The summed E-state index contributed by atoms with van der Waals surface area (Å²) in [7, 11) is 0. The summed E-state index contributed by atoms with van der Waals surface area (Å²) in [4.78, 5) is 12.0. The predicted octanol–water partition coefficient (Wildman–Crippen LogP) is 4.89. The van der Waals surface area contributed by atoms with Gasteiger partial charge in [-0.05, 0) is 31.6 Å². The van der Waals surface area contributed by atoms with Crippen LogP contribution >= 0.6 is 0 Å². The number of unbranched alkanes of at least 4 members (excludes halogenated alkanes) is 7. The number of aliphatic hydroxyl groups excluding tert-OH is 1. The highest BCUT2D eigenvalue weighted by Crippen LogP contribution is 2.36. The van der Waals surface area contributed by atoms with Gasteiger partial charge in [0.15, 0.2) is 0 Å². The van der Waals surface area contributed by atoms with E-state index in [4.69, 9.17) is 5.11 Å². The van der Waals surface area contributed by atoms with E-state index in [2.05, 4.69) is 6.92 Å². The minimum Gasteiger partial charge on any atom is -0.396 e. The van der Waals surface area contributed by atoms with Gasteiger partial charge in [0.1, 0.15) is 5.78 Å². The molecule has 0 aliphatic heterocycles. The molecule has 2 atom stereocenters. The Kier molecular flexibility index (Phi) is 10.00. The van der Waals surface area contributed by atoms with Gasteiger partial charge in [0.2, 0.25) is 0 Å². The molecule has 1 aliphatic carbocycles. The van der Waals surface area contributed by atoms with Crippen LogP contribution in [0.5, 0.6) is 0 Å². The molecule has 0 saturated heterocycles. The zero-order valence-corrected chi connectivity index (χ0v) is 13.4. The Morgan fingerprint density at radius 2 is 1.60 bits per heavy atom. The number of Topliss-reactive ketones (excluding diaryl/α,β-unsaturated/α-hetero) is 1. The van der Waals surface area contributed by atoms with Gasteiger partial charge in [-0.2, -0.15) is 0 Å². The lowest BCUT2D eigenvalue weighted by atomic mass is 9.86. The SMILES string of the molecule is CCCCCC[C@@H]1CCC(=O)[C@H]1CCCCCCCO. The Labute approximate surface area is 125 Å². The summed E-state index contributed by atoms with van der Waals surface area (Å²) >= 11 is 0. The zero-order valence-electron chi connectivity index (χ0n) is 13.4. The Balaban J connectivity index is 2.14. The molecule has 1 N–H and O–H groups in total. The molecule has 1 saturated carbocycles. The van der Waals surface area contributed by atoms with Gasteiger partial charge in [0.25, 0.3) is 0 Å². The van der Waals surface area contributed by atoms with E-state index < -0.39 is 0 Å². The van der Waals surface area contributed by atoms with E-state index in [1.165, 1.54) is 51.4 Å². The zero-order chi connectivity index (χ0) is 14.6. The number of hydrogen-bond acceptors (Lipinski definition) is 2. The van der Waals surface area contributed by atoms with Gasteiger partial charge in [-0.15, -0.1) is 0 Å². The summed E-state index contributed by atoms with van der Waals surface area (Å²) in [5, 5.41) is 8.74. The van der Waals surface area contributed by atoms with E-state index in [-0.39, 0.29) is 0 Å². The monoisotopic (exact) mass is 282 g/mol. The van der Waals surface area contributed by atoms with Crippen LogP contribution in [0.25, 0.3) is 0 Å². The first-order chi connectivity index (χ1) is 9.79. The second-order valence-electron chi connectivity index (χ2n) is 6.50. The first-order valence-corrected chi connectivity index (χ1v) is 8.93. The molecule has 2 heteroatoms. The third kappa shape index (κ3) is 6.88. The predicted molar refractivity (Wildman–Crippen MR) is 84.8 cm³/mol. The van der Waals surface area contributed by atoms with Crippen LogP contribution in [-0.4, -0.2) is 17.5 Å². The van der Waals surface area contributed by atoms with Crippen LogP contribution in [0.3, 0.4) is 0 Å². The molecule has 0 heterocycles. The lowest BCUT2D eigenvalue weighted by molar-refractivity contribution is -0.121. The normalized spacial score (nSPS) is 22.6. The molecule has 118 valence electrons. The van der Waals surface area contributed by atoms with Gasteiger partial charge in [-0.3, -0.25) is 4.79 Å². The maximum atomic E-state index is 12.0. The molecular weight excluding hydrogens is 248 g/mol. The molecule has 0 aromatic carbocycles. The second-order valence-corrected chi connectivity index (χ2v) is 6.50. The fourth-order valence-electron chi connectivity index (χ4n) is 3.56. The second kappa shape index (κ2) is 11.3. The summed E-state index contributed by atoms with van der Waals surface area (Å²) in [5.74, 6) is 1.62. The minimum absolute atomic E-state index is 0.320. The molecular formula is C18H34O2. The van der Waals surface area contributed by atoms with Crippen LogP contribution in [-0.2, 0) is 4.79 Å². The van der Waals surface area contributed by atoms with Crippen LogP contribution in [0.4, 0.5) is 0 Å². The molecule has 1 fully saturated rings. The molecule has 20 heavy (non-hydrogen) atoms. The van der Waals surface area contributed by atoms with E-state index in [9.17, 15) is 4.79 Å². The van der Waals surface area contributed by atoms with Crippen LogP contribution < -0.4 is 0 Å². The highest BCUT2D eigenvalue weighted by molar-refractivity contribution is 5.83. The van der Waals surface area contributed by atoms with E-state index in [0.717, 1.165) is 32.1 Å². The standard InChI is InChI=1S/C18H34O2/c1-2-3-4-8-11-16-13-14-18(20)17(16)12-9-6-5-7-10-15-19/h16-17,19H,2-15H2,1H3/t16-,17+/m1/s1. The lowest BCUT2D eigenvalue weighted by Crippen LogP contribution is -2.14. The van der Waals surface area contributed by atoms with Gasteiger partial charge in [0.05, 0.1) is 0 Å². The van der Waals surface area contributed by atoms with Gasteiger partial charge < -0.3 is 5.11 Å². The molecule has 0 radical (unpaired) electrons. The molecule has 1 rings (SSSR count). The van der Waals surface area contributed by atoms with Crippen molar-refractivity contribution >= 4 is 5.78 Å². The number of hydrogen-bond donors (Lipinski definition) is 1. The quantitative estimate of drug-likeness (QED) is 0.518. The van der Waals surface area contributed by atoms with Crippen molar-refractivity contribution in [1.29, 1.82) is 0 Å². The smallest absolute Gasteiger partial charge is 0.136 e. The van der Waals surface area contributed by atoms with Gasteiger partial charge in [-0.1, -0.05) is 58.3 Å². The fraction of sp³-hybridized carbons (Fsp3) is 0.944. The summed E-state index contributed by atoms with van der Waals surface area (Å²) < 4.78 is 0. The van der Waals surface area contributed by atoms with Crippen LogP contribution in [0.2, 0.25) is 0 Å². The van der Waals surface area contributed by atoms with Crippen molar-refractivity contribution in [3.63, 3.8) is 0 Å². The number of carbonyl (C=O) groups excluding carboxylic acids is 1. The van der Waals surface area contributed by atoms with E-state index in [0.29, 0.717) is 24.2 Å². The van der Waals surface area contributed by atoms with Gasteiger partial charge in [-0.25, -0.2) is 0 Å². The maximum Gasteiger partial charge on any atom is 0.136 e. The van der Waals surface area contributed by atoms with Crippen molar-refractivity contribution in [3.05, 3.63) is 0 Å². The van der Waals surface area contributed by atoms with Crippen molar-refractivity contribution in [2.45, 2.75) is 90.4 Å². The topological polar surface area (TPSA) is 37.3 Å². The third-order valence-corrected chi connectivity index (χ3v) is 4.85. The van der Waals surface area contributed by atoms with Crippen molar-refractivity contribution in [3.8, 4) is 0 Å². The number of rotatable bonds is 12. The lowest BCUT2D eigenvalue weighted by Gasteiger charge is -2.18. The number of ketones is 1. The molecule has 2 nitrogen and oxygen atoms in total. The minimum atomic E-state index is 0.320. The number of aliphatic hydroxyl groups is 1. The van der Waals surface area contributed by atoms with Crippen molar-refractivity contribution < 1.29 is 9.90 Å². The van der Waals surface area contributed by atoms with Crippen LogP contribution in [0.15, 0.2) is 0 Å². The maximum absolute atomic E-state index is 12.0. The fourth-order valence-corrected chi connectivity index (χ4v) is 3.56. The highest BCUT2D eigenvalue weighted by atomic mass is 16.2. The van der Waals surface area contributed by atoms with E-state index >= 15 is 0 Å². The average molecular weight is 282 g/mol. The first-order valence-electron chi connectivity index (χ1n) is 8.93. The summed E-state index contributed by atoms with van der Waals surface area (Å²) in [6.07, 6.45) is 15.4. The van der Waals surface area contributed by atoms with Crippen molar-refractivity contribution in [1.82, 2.24) is 0 Å². The third-order valence-electron chi connectivity index (χ3n) is 4.85. The van der Waals surface area contributed by atoms with E-state index in [1.54, 1.807) is 0 Å². The molecule has 0 amide bonds. The largest absolute Gasteiger partial charge is 0.396 e. The summed E-state index contributed by atoms with van der Waals surface area (Å²) in [6, 6.07) is 0. The summed E-state index contributed by atoms with van der Waals surface area (Å²) in [6.45, 7) is 2.57. The molecule has 0 aromatic heterocycles. The first kappa shape index (κ1) is 17.7. The van der Waals surface area contributed by atoms with Crippen LogP contribution in [0.1, 0.15) is 90.4 Å². The molecule has 0 spiro atoms. The Morgan fingerprint density at radius 3 is 2.35 bits per heavy atom. The van der Waals surface area contributed by atoms with Crippen molar-refractivity contribution in [2.75, 3.05) is 6.61 Å². The number of carbonyl (C=O) groups is 1.